The van der Waals surface area contributed by atoms with Gasteiger partial charge in [-0.05, 0) is 50.4 Å². The second-order valence-corrected chi connectivity index (χ2v) is 5.90. The number of nitrogens with zero attached hydrogens (tertiary/aromatic N) is 2. The van der Waals surface area contributed by atoms with E-state index in [4.69, 9.17) is 0 Å². The molecule has 19 heavy (non-hydrogen) atoms. The van der Waals surface area contributed by atoms with Crippen molar-refractivity contribution < 1.29 is 0 Å². The summed E-state index contributed by atoms with van der Waals surface area (Å²) in [5.74, 6) is 0.919. The molecule has 1 saturated heterocycles. The molecule has 0 saturated carbocycles. The monoisotopic (exact) mass is 259 g/mol. The first-order valence-electron chi connectivity index (χ1n) is 7.60. The van der Waals surface area contributed by atoms with Gasteiger partial charge in [-0.25, -0.2) is 0 Å². The highest BCUT2D eigenvalue weighted by molar-refractivity contribution is 5.72. The topological polar surface area (TPSA) is 18.5 Å². The Morgan fingerprint density at radius 2 is 2.05 bits per heavy atom. The third kappa shape index (κ3) is 2.86. The lowest BCUT2D eigenvalue weighted by Gasteiger charge is -2.37. The second-order valence-electron chi connectivity index (χ2n) is 5.90. The van der Waals surface area contributed by atoms with Crippen molar-refractivity contribution in [2.45, 2.75) is 19.3 Å². The molecule has 0 bridgehead atoms. The van der Waals surface area contributed by atoms with Gasteiger partial charge in [0.25, 0.3) is 0 Å². The molecule has 0 spiro atoms. The lowest BCUT2D eigenvalue weighted by atomic mass is 10.0. The number of para-hydroxylation sites is 2. The van der Waals surface area contributed by atoms with Crippen LogP contribution in [0.1, 0.15) is 19.3 Å². The molecule has 0 aliphatic carbocycles. The van der Waals surface area contributed by atoms with Crippen molar-refractivity contribution in [1.29, 1.82) is 0 Å². The Morgan fingerprint density at radius 3 is 2.84 bits per heavy atom. The normalized spacial score (nSPS) is 22.7. The molecule has 2 aliphatic heterocycles. The predicted molar refractivity (Wildman–Crippen MR) is 82.1 cm³/mol. The number of nitrogens with one attached hydrogen (secondary N) is 1. The van der Waals surface area contributed by atoms with E-state index in [0.29, 0.717) is 0 Å². The maximum atomic E-state index is 3.46. The molecule has 104 valence electrons. The minimum atomic E-state index is 0.919. The van der Waals surface area contributed by atoms with Crippen molar-refractivity contribution >= 4 is 11.4 Å². The van der Waals surface area contributed by atoms with E-state index in [-0.39, 0.29) is 0 Å². The van der Waals surface area contributed by atoms with Crippen LogP contribution in [0.5, 0.6) is 0 Å². The van der Waals surface area contributed by atoms with Gasteiger partial charge in [-0.1, -0.05) is 12.1 Å². The molecule has 0 amide bonds. The summed E-state index contributed by atoms with van der Waals surface area (Å²) in [7, 11) is 2.19. The third-order valence-corrected chi connectivity index (χ3v) is 4.54. The standard InChI is InChI=1S/C16H25N3/c1-18-11-12-19(16-7-3-2-6-15(16)18)10-4-5-14-8-9-17-13-14/h2-3,6-7,14,17H,4-5,8-13H2,1H3. The Balaban J connectivity index is 1.58. The van der Waals surface area contributed by atoms with E-state index in [9.17, 15) is 0 Å². The molecule has 0 radical (unpaired) electrons. The summed E-state index contributed by atoms with van der Waals surface area (Å²) in [6.07, 6.45) is 4.07. The average Bonchev–Trinajstić information content (AvgIpc) is 2.95. The van der Waals surface area contributed by atoms with E-state index in [1.165, 1.54) is 50.3 Å². The zero-order chi connectivity index (χ0) is 13.1. The van der Waals surface area contributed by atoms with E-state index in [1.807, 2.05) is 0 Å². The zero-order valence-electron chi connectivity index (χ0n) is 11.9. The van der Waals surface area contributed by atoms with Crippen LogP contribution in [0.3, 0.4) is 0 Å². The van der Waals surface area contributed by atoms with Crippen molar-refractivity contribution in [2.24, 2.45) is 5.92 Å². The van der Waals surface area contributed by atoms with Gasteiger partial charge in [0.05, 0.1) is 11.4 Å². The van der Waals surface area contributed by atoms with E-state index in [1.54, 1.807) is 0 Å². The molecule has 3 nitrogen and oxygen atoms in total. The fourth-order valence-corrected chi connectivity index (χ4v) is 3.33. The minimum Gasteiger partial charge on any atom is -0.371 e. The zero-order valence-corrected chi connectivity index (χ0v) is 11.9. The van der Waals surface area contributed by atoms with Gasteiger partial charge in [-0.3, -0.25) is 0 Å². The quantitative estimate of drug-likeness (QED) is 0.895. The number of likely N-dealkylation sites (N-methyl/N-ethyl adjacent to an activating group) is 1. The van der Waals surface area contributed by atoms with Crippen LogP contribution in [-0.2, 0) is 0 Å². The summed E-state index contributed by atoms with van der Waals surface area (Å²) in [6.45, 7) is 5.97. The molecule has 1 aromatic carbocycles. The van der Waals surface area contributed by atoms with E-state index in [0.717, 1.165) is 19.0 Å². The van der Waals surface area contributed by atoms with Crippen molar-refractivity contribution in [2.75, 3.05) is 49.6 Å². The number of hydrogen-bond donors (Lipinski definition) is 1. The Hall–Kier alpha value is -1.22. The summed E-state index contributed by atoms with van der Waals surface area (Å²) in [5.41, 5.74) is 2.80. The molecule has 0 aromatic heterocycles. The summed E-state index contributed by atoms with van der Waals surface area (Å²) < 4.78 is 0. The smallest absolute Gasteiger partial charge is 0.0604 e. The maximum absolute atomic E-state index is 3.46. The highest BCUT2D eigenvalue weighted by Crippen LogP contribution is 2.32. The minimum absolute atomic E-state index is 0.919. The first-order chi connectivity index (χ1) is 9.34. The van der Waals surface area contributed by atoms with E-state index < -0.39 is 0 Å². The molecule has 1 unspecified atom stereocenters. The molecule has 1 fully saturated rings. The highest BCUT2D eigenvalue weighted by atomic mass is 15.2. The first-order valence-corrected chi connectivity index (χ1v) is 7.60. The summed E-state index contributed by atoms with van der Waals surface area (Å²) >= 11 is 0. The number of rotatable bonds is 4. The van der Waals surface area contributed by atoms with Gasteiger partial charge in [0.15, 0.2) is 0 Å². The molecule has 1 N–H and O–H groups in total. The highest BCUT2D eigenvalue weighted by Gasteiger charge is 2.20. The summed E-state index contributed by atoms with van der Waals surface area (Å²) in [4.78, 5) is 4.93. The number of anilines is 2. The molecular weight excluding hydrogens is 234 g/mol. The van der Waals surface area contributed by atoms with Crippen molar-refractivity contribution in [3.63, 3.8) is 0 Å². The second kappa shape index (κ2) is 5.83. The molecule has 1 atom stereocenters. The Kier molecular flexibility index (Phi) is 3.92. The van der Waals surface area contributed by atoms with Gasteiger partial charge in [0.1, 0.15) is 0 Å². The lowest BCUT2D eigenvalue weighted by Crippen LogP contribution is -2.39. The molecule has 3 heteroatoms. The van der Waals surface area contributed by atoms with Crippen LogP contribution in [0.15, 0.2) is 24.3 Å². The number of hydrogen-bond acceptors (Lipinski definition) is 3. The van der Waals surface area contributed by atoms with Crippen LogP contribution in [0.4, 0.5) is 11.4 Å². The van der Waals surface area contributed by atoms with Crippen molar-refractivity contribution in [3.8, 4) is 0 Å². The number of fused-ring (bicyclic) bond motifs is 1. The van der Waals surface area contributed by atoms with Gasteiger partial charge >= 0.3 is 0 Å². The van der Waals surface area contributed by atoms with Crippen molar-refractivity contribution in [1.82, 2.24) is 5.32 Å². The molecule has 2 heterocycles. The van der Waals surface area contributed by atoms with Gasteiger partial charge in [-0.15, -0.1) is 0 Å². The van der Waals surface area contributed by atoms with E-state index in [2.05, 4.69) is 46.4 Å². The average molecular weight is 259 g/mol. The van der Waals surface area contributed by atoms with Crippen LogP contribution in [0.2, 0.25) is 0 Å². The Labute approximate surface area is 116 Å². The maximum Gasteiger partial charge on any atom is 0.0604 e. The first kappa shape index (κ1) is 12.8. The number of benzene rings is 1. The molecule has 2 aliphatic rings. The fraction of sp³-hybridized carbons (Fsp3) is 0.625. The Bertz CT molecular complexity index is 412. The van der Waals surface area contributed by atoms with Crippen LogP contribution in [0.25, 0.3) is 0 Å². The summed E-state index contributed by atoms with van der Waals surface area (Å²) in [5, 5.41) is 3.46. The van der Waals surface area contributed by atoms with Crippen LogP contribution in [-0.4, -0.2) is 39.8 Å². The van der Waals surface area contributed by atoms with Gasteiger partial charge in [0, 0.05) is 26.7 Å². The fourth-order valence-electron chi connectivity index (χ4n) is 3.33. The van der Waals surface area contributed by atoms with Crippen molar-refractivity contribution in [3.05, 3.63) is 24.3 Å². The van der Waals surface area contributed by atoms with Gasteiger partial charge < -0.3 is 15.1 Å². The predicted octanol–water partition coefficient (Wildman–Crippen LogP) is 2.33. The Morgan fingerprint density at radius 1 is 1.21 bits per heavy atom. The molecular formula is C16H25N3. The SMILES string of the molecule is CN1CCN(CCCC2CCNC2)c2ccccc21. The largest absolute Gasteiger partial charge is 0.371 e. The van der Waals surface area contributed by atoms with Gasteiger partial charge in [-0.2, -0.15) is 0 Å². The van der Waals surface area contributed by atoms with Crippen LogP contribution >= 0.6 is 0 Å². The molecule has 1 aromatic rings. The summed E-state index contributed by atoms with van der Waals surface area (Å²) in [6, 6.07) is 8.80. The van der Waals surface area contributed by atoms with Crippen LogP contribution < -0.4 is 15.1 Å². The van der Waals surface area contributed by atoms with Gasteiger partial charge in [0.2, 0.25) is 0 Å². The van der Waals surface area contributed by atoms with E-state index >= 15 is 0 Å². The third-order valence-electron chi connectivity index (χ3n) is 4.54. The molecule has 3 rings (SSSR count). The van der Waals surface area contributed by atoms with Crippen LogP contribution in [0, 0.1) is 5.92 Å². The lowest BCUT2D eigenvalue weighted by molar-refractivity contribution is 0.505.